The fourth-order valence-electron chi connectivity index (χ4n) is 2.79. The number of carboxylic acids is 1. The zero-order chi connectivity index (χ0) is 15.1. The lowest BCUT2D eigenvalue weighted by molar-refractivity contribution is -0.119. The van der Waals surface area contributed by atoms with E-state index in [1.54, 1.807) is 6.92 Å². The Kier molecular flexibility index (Phi) is 3.25. The van der Waals surface area contributed by atoms with E-state index < -0.39 is 12.0 Å². The van der Waals surface area contributed by atoms with Gasteiger partial charge in [0, 0.05) is 6.54 Å². The molecule has 1 aliphatic rings. The number of primary amides is 1. The highest BCUT2D eigenvalue weighted by atomic mass is 32.1. The predicted molar refractivity (Wildman–Crippen MR) is 78.7 cm³/mol. The molecule has 1 saturated heterocycles. The smallest absolute Gasteiger partial charge is 0.346 e. The average molecular weight is 306 g/mol. The summed E-state index contributed by atoms with van der Waals surface area (Å²) in [5.74, 6) is -0.762. The molecule has 110 valence electrons. The van der Waals surface area contributed by atoms with Crippen LogP contribution in [0.25, 0.3) is 10.2 Å². The van der Waals surface area contributed by atoms with Crippen LogP contribution in [0.3, 0.4) is 0 Å². The predicted octanol–water partition coefficient (Wildman–Crippen LogP) is 1.15. The Bertz CT molecular complexity index is 742. The van der Waals surface area contributed by atoms with Crippen molar-refractivity contribution in [2.24, 2.45) is 5.73 Å². The highest BCUT2D eigenvalue weighted by molar-refractivity contribution is 7.20. The number of hydrogen-bond acceptors (Lipinski definition) is 6. The van der Waals surface area contributed by atoms with Crippen molar-refractivity contribution in [2.45, 2.75) is 25.8 Å². The molecule has 1 aliphatic heterocycles. The third-order valence-corrected chi connectivity index (χ3v) is 4.94. The third kappa shape index (κ3) is 2.11. The van der Waals surface area contributed by atoms with Gasteiger partial charge in [0.15, 0.2) is 0 Å². The number of anilines is 1. The van der Waals surface area contributed by atoms with Crippen molar-refractivity contribution in [3.63, 3.8) is 0 Å². The van der Waals surface area contributed by atoms with Gasteiger partial charge in [0.05, 0.1) is 5.39 Å². The number of thiophene rings is 1. The van der Waals surface area contributed by atoms with Crippen LogP contribution in [-0.2, 0) is 4.79 Å². The van der Waals surface area contributed by atoms with E-state index in [9.17, 15) is 14.7 Å². The second kappa shape index (κ2) is 4.96. The van der Waals surface area contributed by atoms with E-state index in [2.05, 4.69) is 9.97 Å². The standard InChI is InChI=1S/C13H14N4O3S/c1-6-8-11(17-4-2-3-7(17)10(14)18)15-5-16-12(8)21-9(6)13(19)20/h5,7H,2-4H2,1H3,(H2,14,18)(H,19,20). The molecule has 0 radical (unpaired) electrons. The van der Waals surface area contributed by atoms with Crippen LogP contribution in [0, 0.1) is 6.92 Å². The maximum atomic E-state index is 11.6. The maximum absolute atomic E-state index is 11.6. The van der Waals surface area contributed by atoms with Crippen LogP contribution in [0.5, 0.6) is 0 Å². The number of aromatic nitrogens is 2. The maximum Gasteiger partial charge on any atom is 0.346 e. The summed E-state index contributed by atoms with van der Waals surface area (Å²) in [4.78, 5) is 34.0. The molecule has 0 spiro atoms. The van der Waals surface area contributed by atoms with Gasteiger partial charge in [-0.05, 0) is 25.3 Å². The molecule has 21 heavy (non-hydrogen) atoms. The molecule has 8 heteroatoms. The number of rotatable bonds is 3. The lowest BCUT2D eigenvalue weighted by atomic mass is 10.1. The first-order valence-corrected chi connectivity index (χ1v) is 7.35. The van der Waals surface area contributed by atoms with Crippen molar-refractivity contribution in [3.05, 3.63) is 16.8 Å². The van der Waals surface area contributed by atoms with Gasteiger partial charge in [0.1, 0.15) is 27.9 Å². The fourth-order valence-corrected chi connectivity index (χ4v) is 3.77. The number of carbonyl (C=O) groups is 2. The van der Waals surface area contributed by atoms with Crippen LogP contribution in [-0.4, -0.2) is 39.5 Å². The minimum atomic E-state index is -0.977. The van der Waals surface area contributed by atoms with Gasteiger partial charge in [0.25, 0.3) is 0 Å². The number of amides is 1. The number of hydrogen-bond donors (Lipinski definition) is 2. The summed E-state index contributed by atoms with van der Waals surface area (Å²) < 4.78 is 0. The molecule has 3 rings (SSSR count). The number of aryl methyl sites for hydroxylation is 1. The van der Waals surface area contributed by atoms with E-state index in [1.807, 2.05) is 4.90 Å². The molecular formula is C13H14N4O3S. The number of carboxylic acid groups (broad SMARTS) is 1. The molecule has 1 amide bonds. The molecule has 0 bridgehead atoms. The van der Waals surface area contributed by atoms with Crippen LogP contribution in [0.2, 0.25) is 0 Å². The topological polar surface area (TPSA) is 109 Å². The minimum absolute atomic E-state index is 0.251. The summed E-state index contributed by atoms with van der Waals surface area (Å²) in [6, 6.07) is -0.393. The van der Waals surface area contributed by atoms with Gasteiger partial charge in [-0.2, -0.15) is 0 Å². The molecule has 1 atom stereocenters. The lowest BCUT2D eigenvalue weighted by Crippen LogP contribution is -2.40. The van der Waals surface area contributed by atoms with E-state index in [0.717, 1.165) is 17.8 Å². The monoisotopic (exact) mass is 306 g/mol. The Morgan fingerprint density at radius 1 is 1.48 bits per heavy atom. The van der Waals surface area contributed by atoms with Gasteiger partial charge in [-0.3, -0.25) is 4.79 Å². The summed E-state index contributed by atoms with van der Waals surface area (Å²) >= 11 is 1.12. The van der Waals surface area contributed by atoms with E-state index in [1.165, 1.54) is 6.33 Å². The van der Waals surface area contributed by atoms with Crippen LogP contribution in [0.1, 0.15) is 28.1 Å². The van der Waals surface area contributed by atoms with Gasteiger partial charge in [-0.1, -0.05) is 0 Å². The first-order valence-electron chi connectivity index (χ1n) is 6.54. The summed E-state index contributed by atoms with van der Waals surface area (Å²) in [5.41, 5.74) is 6.08. The molecule has 0 aromatic carbocycles. The van der Waals surface area contributed by atoms with Crippen molar-refractivity contribution in [2.75, 3.05) is 11.4 Å². The van der Waals surface area contributed by atoms with Gasteiger partial charge in [-0.15, -0.1) is 11.3 Å². The highest BCUT2D eigenvalue weighted by Crippen LogP contribution is 2.37. The van der Waals surface area contributed by atoms with Crippen LogP contribution in [0.15, 0.2) is 6.33 Å². The molecular weight excluding hydrogens is 292 g/mol. The zero-order valence-corrected chi connectivity index (χ0v) is 12.2. The molecule has 1 fully saturated rings. The molecule has 7 nitrogen and oxygen atoms in total. The number of fused-ring (bicyclic) bond motifs is 1. The minimum Gasteiger partial charge on any atom is -0.477 e. The molecule has 2 aromatic heterocycles. The Balaban J connectivity index is 2.19. The fraction of sp³-hybridized carbons (Fsp3) is 0.385. The Morgan fingerprint density at radius 3 is 2.90 bits per heavy atom. The Morgan fingerprint density at radius 2 is 2.24 bits per heavy atom. The SMILES string of the molecule is Cc1c(C(=O)O)sc2ncnc(N3CCCC3C(N)=O)c12. The largest absolute Gasteiger partial charge is 0.477 e. The second-order valence-corrected chi connectivity index (χ2v) is 5.99. The summed E-state index contributed by atoms with van der Waals surface area (Å²) in [7, 11) is 0. The van der Waals surface area contributed by atoms with Crippen LogP contribution < -0.4 is 10.6 Å². The van der Waals surface area contributed by atoms with Crippen LogP contribution in [0.4, 0.5) is 5.82 Å². The third-order valence-electron chi connectivity index (χ3n) is 3.75. The lowest BCUT2D eigenvalue weighted by Gasteiger charge is -2.23. The van der Waals surface area contributed by atoms with Crippen molar-refractivity contribution >= 4 is 39.2 Å². The number of nitrogens with two attached hydrogens (primary N) is 1. The van der Waals surface area contributed by atoms with Crippen molar-refractivity contribution < 1.29 is 14.7 Å². The summed E-state index contributed by atoms with van der Waals surface area (Å²) in [5, 5.41) is 9.94. The van der Waals surface area contributed by atoms with E-state index in [-0.39, 0.29) is 10.8 Å². The molecule has 1 unspecified atom stereocenters. The molecule has 0 aliphatic carbocycles. The average Bonchev–Trinajstić information content (AvgIpc) is 3.03. The van der Waals surface area contributed by atoms with Gasteiger partial charge in [0.2, 0.25) is 5.91 Å². The van der Waals surface area contributed by atoms with Gasteiger partial charge >= 0.3 is 5.97 Å². The number of aromatic carboxylic acids is 1. The second-order valence-electron chi connectivity index (χ2n) is 4.99. The Labute approximate surface area is 124 Å². The summed E-state index contributed by atoms with van der Waals surface area (Å²) in [6.07, 6.45) is 2.94. The van der Waals surface area contributed by atoms with Crippen molar-refractivity contribution in [1.82, 2.24) is 9.97 Å². The quantitative estimate of drug-likeness (QED) is 0.880. The number of carbonyl (C=O) groups excluding carboxylic acids is 1. The van der Waals surface area contributed by atoms with E-state index in [0.29, 0.717) is 34.6 Å². The number of nitrogens with zero attached hydrogens (tertiary/aromatic N) is 3. The highest BCUT2D eigenvalue weighted by Gasteiger charge is 2.32. The first kappa shape index (κ1) is 13.7. The molecule has 3 heterocycles. The van der Waals surface area contributed by atoms with Gasteiger partial charge < -0.3 is 15.7 Å². The Hall–Kier alpha value is -2.22. The van der Waals surface area contributed by atoms with Crippen LogP contribution >= 0.6 is 11.3 Å². The zero-order valence-electron chi connectivity index (χ0n) is 11.4. The van der Waals surface area contributed by atoms with Gasteiger partial charge in [-0.25, -0.2) is 14.8 Å². The molecule has 2 aromatic rings. The van der Waals surface area contributed by atoms with E-state index in [4.69, 9.17) is 5.73 Å². The molecule has 3 N–H and O–H groups in total. The van der Waals surface area contributed by atoms with E-state index >= 15 is 0 Å². The van der Waals surface area contributed by atoms with Crippen molar-refractivity contribution in [3.8, 4) is 0 Å². The summed E-state index contributed by atoms with van der Waals surface area (Å²) in [6.45, 7) is 2.42. The first-order chi connectivity index (χ1) is 10.0. The van der Waals surface area contributed by atoms with Crippen molar-refractivity contribution in [1.29, 1.82) is 0 Å². The normalized spacial score (nSPS) is 18.3. The molecule has 0 saturated carbocycles.